The predicted octanol–water partition coefficient (Wildman–Crippen LogP) is 2.93. The zero-order chi connectivity index (χ0) is 20.1. The normalized spacial score (nSPS) is 13.0. The highest BCUT2D eigenvalue weighted by Crippen LogP contribution is 2.20. The maximum Gasteiger partial charge on any atom is 0.422 e. The highest BCUT2D eigenvalue weighted by molar-refractivity contribution is 7.89. The van der Waals surface area contributed by atoms with Gasteiger partial charge in [0.05, 0.1) is 10.9 Å². The third kappa shape index (κ3) is 6.57. The number of benzene rings is 2. The first-order chi connectivity index (χ1) is 12.6. The monoisotopic (exact) mass is 402 g/mol. The molecule has 6 nitrogen and oxygen atoms in total. The van der Waals surface area contributed by atoms with Gasteiger partial charge in [-0.1, -0.05) is 18.2 Å². The van der Waals surface area contributed by atoms with Crippen LogP contribution in [-0.4, -0.2) is 33.1 Å². The molecule has 2 rings (SSSR count). The summed E-state index contributed by atoms with van der Waals surface area (Å²) in [4.78, 5) is 12.2. The lowest BCUT2D eigenvalue weighted by Gasteiger charge is -2.15. The van der Waals surface area contributed by atoms with Gasteiger partial charge in [-0.2, -0.15) is 17.9 Å². The van der Waals surface area contributed by atoms with Gasteiger partial charge in [-0.05, 0) is 43.3 Å². The minimum Gasteiger partial charge on any atom is -0.484 e. The van der Waals surface area contributed by atoms with E-state index >= 15 is 0 Å². The first-order valence-electron chi connectivity index (χ1n) is 7.75. The zero-order valence-corrected chi connectivity index (χ0v) is 15.0. The lowest BCUT2D eigenvalue weighted by Crippen LogP contribution is -2.41. The average Bonchev–Trinajstić information content (AvgIpc) is 2.61. The number of alkyl halides is 3. The molecule has 0 fully saturated rings. The van der Waals surface area contributed by atoms with Crippen molar-refractivity contribution in [3.8, 4) is 5.75 Å². The van der Waals surface area contributed by atoms with Crippen molar-refractivity contribution < 1.29 is 31.1 Å². The van der Waals surface area contributed by atoms with Crippen LogP contribution in [0.25, 0.3) is 0 Å². The number of ether oxygens (including phenoxy) is 1. The van der Waals surface area contributed by atoms with Gasteiger partial charge in [0.2, 0.25) is 15.9 Å². The Kier molecular flexibility index (Phi) is 6.45. The van der Waals surface area contributed by atoms with E-state index in [2.05, 4.69) is 14.8 Å². The van der Waals surface area contributed by atoms with Crippen LogP contribution in [0.4, 0.5) is 18.9 Å². The fraction of sp³-hybridized carbons (Fsp3) is 0.235. The number of hydrogen-bond acceptors (Lipinski definition) is 4. The highest BCUT2D eigenvalue weighted by Gasteiger charge is 2.28. The van der Waals surface area contributed by atoms with Gasteiger partial charge in [0.25, 0.3) is 0 Å². The number of rotatable bonds is 7. The summed E-state index contributed by atoms with van der Waals surface area (Å²) >= 11 is 0. The second kappa shape index (κ2) is 8.40. The van der Waals surface area contributed by atoms with Crippen LogP contribution in [0.3, 0.4) is 0 Å². The van der Waals surface area contributed by atoms with Crippen molar-refractivity contribution in [1.29, 1.82) is 0 Å². The molecule has 0 spiro atoms. The van der Waals surface area contributed by atoms with Crippen molar-refractivity contribution in [3.63, 3.8) is 0 Å². The molecule has 27 heavy (non-hydrogen) atoms. The van der Waals surface area contributed by atoms with Gasteiger partial charge in [-0.25, -0.2) is 8.42 Å². The molecule has 0 aliphatic rings. The van der Waals surface area contributed by atoms with Crippen molar-refractivity contribution in [2.24, 2.45) is 0 Å². The molecule has 0 bridgehead atoms. The quantitative estimate of drug-likeness (QED) is 0.746. The molecule has 0 aliphatic carbocycles. The molecule has 2 N–H and O–H groups in total. The van der Waals surface area contributed by atoms with E-state index in [1.165, 1.54) is 43.3 Å². The lowest BCUT2D eigenvalue weighted by atomic mass is 10.2. The molecule has 10 heteroatoms. The standard InChI is InChI=1S/C17H17F3N2O4S/c1-12(22-27(24,25)15-5-3-2-4-6-15)16(23)21-13-7-9-14(10-8-13)26-11-17(18,19)20/h2-10,12,22H,11H2,1H3,(H,21,23)/t12-/m0/s1. The Hall–Kier alpha value is -2.59. The van der Waals surface area contributed by atoms with Crippen molar-refractivity contribution in [3.05, 3.63) is 54.6 Å². The summed E-state index contributed by atoms with van der Waals surface area (Å²) in [5, 5.41) is 2.47. The number of nitrogens with one attached hydrogen (secondary N) is 2. The summed E-state index contributed by atoms with van der Waals surface area (Å²) < 4.78 is 67.5. The van der Waals surface area contributed by atoms with Crippen LogP contribution in [0, 0.1) is 0 Å². The minimum absolute atomic E-state index is 0.0110. The molecule has 1 amide bonds. The van der Waals surface area contributed by atoms with Crippen LogP contribution in [0.2, 0.25) is 0 Å². The Labute approximate surface area is 154 Å². The van der Waals surface area contributed by atoms with Gasteiger partial charge in [0, 0.05) is 5.69 Å². The first-order valence-corrected chi connectivity index (χ1v) is 9.23. The van der Waals surface area contributed by atoms with Gasteiger partial charge in [-0.3, -0.25) is 4.79 Å². The van der Waals surface area contributed by atoms with Crippen molar-refractivity contribution in [1.82, 2.24) is 4.72 Å². The third-order valence-electron chi connectivity index (χ3n) is 3.30. The first kappa shape index (κ1) is 20.7. The maximum absolute atomic E-state index is 12.2. The number of carbonyl (C=O) groups is 1. The van der Waals surface area contributed by atoms with Crippen molar-refractivity contribution in [2.75, 3.05) is 11.9 Å². The second-order valence-electron chi connectivity index (χ2n) is 5.57. The summed E-state index contributed by atoms with van der Waals surface area (Å²) in [7, 11) is -3.86. The molecule has 0 saturated heterocycles. The summed E-state index contributed by atoms with van der Waals surface area (Å²) in [6.45, 7) is -0.0480. The fourth-order valence-corrected chi connectivity index (χ4v) is 3.23. The van der Waals surface area contributed by atoms with E-state index in [4.69, 9.17) is 0 Å². The molecule has 2 aromatic rings. The van der Waals surface area contributed by atoms with Crippen LogP contribution in [0.15, 0.2) is 59.5 Å². The molecule has 1 atom stereocenters. The molecular weight excluding hydrogens is 385 g/mol. The molecule has 146 valence electrons. The molecular formula is C17H17F3N2O4S. The van der Waals surface area contributed by atoms with E-state index in [1.807, 2.05) is 0 Å². The van der Waals surface area contributed by atoms with E-state index < -0.39 is 34.8 Å². The van der Waals surface area contributed by atoms with E-state index in [0.717, 1.165) is 0 Å². The molecule has 0 heterocycles. The maximum atomic E-state index is 12.2. The number of hydrogen-bond donors (Lipinski definition) is 2. The fourth-order valence-electron chi connectivity index (χ4n) is 2.00. The van der Waals surface area contributed by atoms with Gasteiger partial charge in [-0.15, -0.1) is 0 Å². The number of amides is 1. The van der Waals surface area contributed by atoms with E-state index in [0.29, 0.717) is 0 Å². The average molecular weight is 402 g/mol. The SMILES string of the molecule is C[C@H](NS(=O)(=O)c1ccccc1)C(=O)Nc1ccc(OCC(F)(F)F)cc1. The topological polar surface area (TPSA) is 84.5 Å². The molecule has 0 aliphatic heterocycles. The minimum atomic E-state index is -4.45. The van der Waals surface area contributed by atoms with E-state index in [-0.39, 0.29) is 16.3 Å². The van der Waals surface area contributed by atoms with Crippen molar-refractivity contribution >= 4 is 21.6 Å². The summed E-state index contributed by atoms with van der Waals surface area (Å²) in [6, 6.07) is 11.7. The summed E-state index contributed by atoms with van der Waals surface area (Å²) in [5.74, 6) is -0.637. The van der Waals surface area contributed by atoms with Crippen LogP contribution in [-0.2, 0) is 14.8 Å². The second-order valence-corrected chi connectivity index (χ2v) is 7.29. The van der Waals surface area contributed by atoms with Crippen molar-refractivity contribution in [2.45, 2.75) is 24.0 Å². The van der Waals surface area contributed by atoms with E-state index in [9.17, 15) is 26.4 Å². The van der Waals surface area contributed by atoms with Gasteiger partial charge in [0.1, 0.15) is 5.75 Å². The highest BCUT2D eigenvalue weighted by atomic mass is 32.2. The lowest BCUT2D eigenvalue weighted by molar-refractivity contribution is -0.153. The number of halogens is 3. The molecule has 0 radical (unpaired) electrons. The van der Waals surface area contributed by atoms with Crippen LogP contribution in [0.1, 0.15) is 6.92 Å². The van der Waals surface area contributed by atoms with Gasteiger partial charge < -0.3 is 10.1 Å². The van der Waals surface area contributed by atoms with Crippen LogP contribution >= 0.6 is 0 Å². The Bertz CT molecular complexity index is 869. The molecule has 0 saturated carbocycles. The zero-order valence-electron chi connectivity index (χ0n) is 14.2. The van der Waals surface area contributed by atoms with E-state index in [1.54, 1.807) is 18.2 Å². The van der Waals surface area contributed by atoms with Gasteiger partial charge >= 0.3 is 6.18 Å². The largest absolute Gasteiger partial charge is 0.484 e. The predicted molar refractivity (Wildman–Crippen MR) is 92.8 cm³/mol. The molecule has 0 unspecified atom stereocenters. The molecule has 0 aromatic heterocycles. The third-order valence-corrected chi connectivity index (χ3v) is 4.86. The number of carbonyl (C=O) groups excluding carboxylic acids is 1. The number of anilines is 1. The van der Waals surface area contributed by atoms with Crippen LogP contribution < -0.4 is 14.8 Å². The summed E-state index contributed by atoms with van der Waals surface area (Å²) in [6.07, 6.45) is -4.45. The Morgan fingerprint density at radius 1 is 1.07 bits per heavy atom. The Balaban J connectivity index is 1.94. The van der Waals surface area contributed by atoms with Gasteiger partial charge in [0.15, 0.2) is 6.61 Å². The Morgan fingerprint density at radius 2 is 1.67 bits per heavy atom. The Morgan fingerprint density at radius 3 is 2.22 bits per heavy atom. The smallest absolute Gasteiger partial charge is 0.422 e. The summed E-state index contributed by atoms with van der Waals surface area (Å²) in [5.41, 5.74) is 0.283. The molecule has 2 aromatic carbocycles. The van der Waals surface area contributed by atoms with Crippen LogP contribution in [0.5, 0.6) is 5.75 Å². The number of sulfonamides is 1.